The molecule has 0 aromatic heterocycles. The summed E-state index contributed by atoms with van der Waals surface area (Å²) in [5, 5.41) is 0. The van der Waals surface area contributed by atoms with E-state index in [1.54, 1.807) is 30.3 Å². The average Bonchev–Trinajstić information content (AvgIpc) is 2.34. The summed E-state index contributed by atoms with van der Waals surface area (Å²) in [5.74, 6) is 1.13. The molecule has 0 saturated heterocycles. The Balaban J connectivity index is 2.33. The molecule has 0 atom stereocenters. The van der Waals surface area contributed by atoms with Crippen molar-refractivity contribution in [3.8, 4) is 11.5 Å². The number of hydrogen-bond donors (Lipinski definition) is 2. The summed E-state index contributed by atoms with van der Waals surface area (Å²) in [4.78, 5) is 0. The first-order valence-electron chi connectivity index (χ1n) is 5.58. The van der Waals surface area contributed by atoms with Crippen LogP contribution in [0.2, 0.25) is 0 Å². The number of halogens is 1. The summed E-state index contributed by atoms with van der Waals surface area (Å²) >= 11 is 0. The van der Waals surface area contributed by atoms with E-state index in [1.165, 1.54) is 0 Å². The first-order chi connectivity index (χ1) is 8.60. The highest BCUT2D eigenvalue weighted by Gasteiger charge is 2.07. The Morgan fingerprint density at radius 1 is 1.00 bits per heavy atom. The fourth-order valence-corrected chi connectivity index (χ4v) is 1.71. The Bertz CT molecular complexity index is 570. The molecule has 3 nitrogen and oxygen atoms in total. The van der Waals surface area contributed by atoms with Crippen LogP contribution in [0.25, 0.3) is 0 Å². The molecule has 4 N–H and O–H groups in total. The van der Waals surface area contributed by atoms with E-state index < -0.39 is 6.67 Å². The molecule has 94 valence electrons. The molecular weight excluding hydrogens is 231 g/mol. The first kappa shape index (κ1) is 12.2. The molecule has 4 heteroatoms. The van der Waals surface area contributed by atoms with E-state index in [0.29, 0.717) is 28.4 Å². The minimum absolute atomic E-state index is 0.436. The number of aryl methyl sites for hydroxylation is 1. The number of alkyl halides is 1. The molecule has 0 aliphatic carbocycles. The fourth-order valence-electron chi connectivity index (χ4n) is 1.71. The highest BCUT2D eigenvalue weighted by molar-refractivity contribution is 5.52. The van der Waals surface area contributed by atoms with Gasteiger partial charge in [0.15, 0.2) is 0 Å². The van der Waals surface area contributed by atoms with Crippen molar-refractivity contribution in [3.05, 3.63) is 47.5 Å². The van der Waals surface area contributed by atoms with Crippen molar-refractivity contribution in [1.29, 1.82) is 0 Å². The van der Waals surface area contributed by atoms with Crippen LogP contribution in [-0.2, 0) is 6.67 Å². The van der Waals surface area contributed by atoms with Crippen molar-refractivity contribution in [1.82, 2.24) is 0 Å². The monoisotopic (exact) mass is 246 g/mol. The van der Waals surface area contributed by atoms with Crippen molar-refractivity contribution < 1.29 is 9.13 Å². The first-order valence-corrected chi connectivity index (χ1v) is 5.58. The number of benzene rings is 2. The van der Waals surface area contributed by atoms with E-state index in [0.717, 1.165) is 5.56 Å². The minimum Gasteiger partial charge on any atom is -0.457 e. The van der Waals surface area contributed by atoms with Gasteiger partial charge in [-0.3, -0.25) is 0 Å². The van der Waals surface area contributed by atoms with Gasteiger partial charge in [0.25, 0.3) is 0 Å². The lowest BCUT2D eigenvalue weighted by Crippen LogP contribution is -1.95. The zero-order chi connectivity index (χ0) is 13.1. The SMILES string of the molecule is Cc1cc(N)ccc1Oc1ccc(N)cc1CF. The number of ether oxygens (including phenoxy) is 1. The van der Waals surface area contributed by atoms with Crippen LogP contribution in [0, 0.1) is 6.92 Å². The molecule has 0 heterocycles. The predicted molar refractivity (Wildman–Crippen MR) is 71.3 cm³/mol. The minimum atomic E-state index is -0.617. The zero-order valence-corrected chi connectivity index (χ0v) is 10.1. The topological polar surface area (TPSA) is 61.3 Å². The third-order valence-corrected chi connectivity index (χ3v) is 2.65. The van der Waals surface area contributed by atoms with E-state index in [-0.39, 0.29) is 0 Å². The Hall–Kier alpha value is -2.23. The molecule has 2 aromatic rings. The molecule has 0 saturated carbocycles. The van der Waals surface area contributed by atoms with Gasteiger partial charge >= 0.3 is 0 Å². The standard InChI is InChI=1S/C14H15FN2O/c1-9-6-11(16)2-4-13(9)18-14-5-3-12(17)7-10(14)8-15/h2-7H,8,16-17H2,1H3. The van der Waals surface area contributed by atoms with Crippen LogP contribution in [0.5, 0.6) is 11.5 Å². The van der Waals surface area contributed by atoms with Crippen LogP contribution in [0.3, 0.4) is 0 Å². The van der Waals surface area contributed by atoms with Crippen LogP contribution in [-0.4, -0.2) is 0 Å². The van der Waals surface area contributed by atoms with Crippen LogP contribution in [0.1, 0.15) is 11.1 Å². The summed E-state index contributed by atoms with van der Waals surface area (Å²) in [5.41, 5.74) is 13.8. The van der Waals surface area contributed by atoms with E-state index in [9.17, 15) is 4.39 Å². The maximum Gasteiger partial charge on any atom is 0.133 e. The van der Waals surface area contributed by atoms with Gasteiger partial charge in [0.05, 0.1) is 0 Å². The lowest BCUT2D eigenvalue weighted by Gasteiger charge is -2.12. The smallest absolute Gasteiger partial charge is 0.133 e. The maximum atomic E-state index is 12.9. The summed E-state index contributed by atoms with van der Waals surface area (Å²) in [6, 6.07) is 10.2. The van der Waals surface area contributed by atoms with Gasteiger partial charge in [-0.2, -0.15) is 0 Å². The molecule has 2 aromatic carbocycles. The highest BCUT2D eigenvalue weighted by atomic mass is 19.1. The average molecular weight is 246 g/mol. The molecule has 0 unspecified atom stereocenters. The normalized spacial score (nSPS) is 10.3. The van der Waals surface area contributed by atoms with Crippen molar-refractivity contribution in [2.75, 3.05) is 11.5 Å². The van der Waals surface area contributed by atoms with Crippen LogP contribution in [0.4, 0.5) is 15.8 Å². The lowest BCUT2D eigenvalue weighted by molar-refractivity contribution is 0.438. The van der Waals surface area contributed by atoms with E-state index >= 15 is 0 Å². The Labute approximate surface area is 105 Å². The van der Waals surface area contributed by atoms with Gasteiger partial charge in [0.2, 0.25) is 0 Å². The summed E-state index contributed by atoms with van der Waals surface area (Å²) < 4.78 is 18.6. The van der Waals surface area contributed by atoms with Gasteiger partial charge in [0.1, 0.15) is 18.2 Å². The molecule has 0 aliphatic heterocycles. The Kier molecular flexibility index (Phi) is 3.37. The molecule has 0 spiro atoms. The number of rotatable bonds is 3. The Morgan fingerprint density at radius 2 is 1.61 bits per heavy atom. The number of hydrogen-bond acceptors (Lipinski definition) is 3. The quantitative estimate of drug-likeness (QED) is 0.816. The molecule has 2 rings (SSSR count). The van der Waals surface area contributed by atoms with Crippen LogP contribution < -0.4 is 16.2 Å². The number of nitrogens with two attached hydrogens (primary N) is 2. The van der Waals surface area contributed by atoms with Crippen molar-refractivity contribution in [3.63, 3.8) is 0 Å². The molecule has 0 fully saturated rings. The third kappa shape index (κ3) is 2.53. The number of anilines is 2. The second-order valence-electron chi connectivity index (χ2n) is 4.13. The summed E-state index contributed by atoms with van der Waals surface area (Å²) in [6.07, 6.45) is 0. The van der Waals surface area contributed by atoms with Gasteiger partial charge in [-0.15, -0.1) is 0 Å². The van der Waals surface area contributed by atoms with Crippen LogP contribution >= 0.6 is 0 Å². The highest BCUT2D eigenvalue weighted by Crippen LogP contribution is 2.30. The molecule has 0 radical (unpaired) electrons. The van der Waals surface area contributed by atoms with E-state index in [1.807, 2.05) is 13.0 Å². The summed E-state index contributed by atoms with van der Waals surface area (Å²) in [6.45, 7) is 1.27. The second kappa shape index (κ2) is 4.96. The van der Waals surface area contributed by atoms with Gasteiger partial charge in [-0.05, 0) is 48.9 Å². The molecule has 18 heavy (non-hydrogen) atoms. The second-order valence-corrected chi connectivity index (χ2v) is 4.13. The van der Waals surface area contributed by atoms with Gasteiger partial charge in [-0.25, -0.2) is 4.39 Å². The maximum absolute atomic E-state index is 12.9. The predicted octanol–water partition coefficient (Wildman–Crippen LogP) is 3.42. The van der Waals surface area contributed by atoms with E-state index in [4.69, 9.17) is 16.2 Å². The van der Waals surface area contributed by atoms with Crippen molar-refractivity contribution in [2.45, 2.75) is 13.6 Å². The van der Waals surface area contributed by atoms with E-state index in [2.05, 4.69) is 0 Å². The molecular formula is C14H15FN2O. The van der Waals surface area contributed by atoms with Crippen molar-refractivity contribution in [2.24, 2.45) is 0 Å². The van der Waals surface area contributed by atoms with Crippen molar-refractivity contribution >= 4 is 11.4 Å². The molecule has 0 bridgehead atoms. The molecule has 0 amide bonds. The molecule has 0 aliphatic rings. The largest absolute Gasteiger partial charge is 0.457 e. The summed E-state index contributed by atoms with van der Waals surface area (Å²) in [7, 11) is 0. The fraction of sp³-hybridized carbons (Fsp3) is 0.143. The van der Waals surface area contributed by atoms with Gasteiger partial charge < -0.3 is 16.2 Å². The van der Waals surface area contributed by atoms with Gasteiger partial charge in [-0.1, -0.05) is 0 Å². The zero-order valence-electron chi connectivity index (χ0n) is 10.1. The van der Waals surface area contributed by atoms with Gasteiger partial charge in [0, 0.05) is 16.9 Å². The van der Waals surface area contributed by atoms with Crippen LogP contribution in [0.15, 0.2) is 36.4 Å². The lowest BCUT2D eigenvalue weighted by atomic mass is 10.1. The Morgan fingerprint density at radius 3 is 2.22 bits per heavy atom. The third-order valence-electron chi connectivity index (χ3n) is 2.65. The number of nitrogen functional groups attached to an aromatic ring is 2.